The summed E-state index contributed by atoms with van der Waals surface area (Å²) in [5, 5.41) is 0. The number of ether oxygens (including phenoxy) is 1. The summed E-state index contributed by atoms with van der Waals surface area (Å²) in [5.74, 6) is 1.42. The van der Waals surface area contributed by atoms with Crippen LogP contribution in [0.5, 0.6) is 0 Å². The molecule has 2 saturated carbocycles. The zero-order valence-corrected chi connectivity index (χ0v) is 15.4. The van der Waals surface area contributed by atoms with Gasteiger partial charge in [-0.1, -0.05) is 19.3 Å². The smallest absolute Gasteiger partial charge is 0.306 e. The van der Waals surface area contributed by atoms with E-state index in [0.29, 0.717) is 30.3 Å². The van der Waals surface area contributed by atoms with E-state index in [1.807, 2.05) is 0 Å². The molecule has 0 spiro atoms. The van der Waals surface area contributed by atoms with Crippen molar-refractivity contribution < 1.29 is 18.6 Å². The maximum absolute atomic E-state index is 11.5. The summed E-state index contributed by atoms with van der Waals surface area (Å²) in [6, 6.07) is 0. The van der Waals surface area contributed by atoms with Crippen LogP contribution in [0, 0.1) is 17.8 Å². The second-order valence-corrected chi connectivity index (χ2v) is 7.66. The molecule has 7 atom stereocenters. The van der Waals surface area contributed by atoms with Crippen LogP contribution in [-0.4, -0.2) is 24.3 Å². The summed E-state index contributed by atoms with van der Waals surface area (Å²) in [5.41, 5.74) is 0. The van der Waals surface area contributed by atoms with Gasteiger partial charge in [-0.2, -0.15) is 0 Å². The Balaban J connectivity index is 1.57. The number of hydrogen-bond donors (Lipinski definition) is 0. The van der Waals surface area contributed by atoms with Crippen molar-refractivity contribution in [2.24, 2.45) is 17.8 Å². The van der Waals surface area contributed by atoms with Gasteiger partial charge >= 0.3 is 5.97 Å². The van der Waals surface area contributed by atoms with E-state index >= 15 is 0 Å². The van der Waals surface area contributed by atoms with Crippen LogP contribution in [0.25, 0.3) is 0 Å². The molecule has 4 nitrogen and oxygen atoms in total. The third-order valence-corrected chi connectivity index (χ3v) is 6.66. The molecule has 0 amide bonds. The molecule has 1 saturated heterocycles. The van der Waals surface area contributed by atoms with Crippen molar-refractivity contribution in [3.05, 3.63) is 0 Å². The lowest BCUT2D eigenvalue weighted by molar-refractivity contribution is -0.141. The van der Waals surface area contributed by atoms with Crippen molar-refractivity contribution >= 4 is 24.9 Å². The molecule has 0 aromatic rings. The Labute approximate surface area is 138 Å². The van der Waals surface area contributed by atoms with Crippen molar-refractivity contribution in [2.75, 3.05) is 0 Å². The lowest BCUT2D eigenvalue weighted by Crippen LogP contribution is -2.27. The monoisotopic (exact) mass is 346 g/mol. The van der Waals surface area contributed by atoms with Gasteiger partial charge in [0.1, 0.15) is 6.10 Å². The second kappa shape index (κ2) is 7.88. The summed E-state index contributed by atoms with van der Waals surface area (Å²) < 4.78 is 16.7. The number of carbonyl (C=O) groups is 1. The van der Waals surface area contributed by atoms with Gasteiger partial charge in [0.2, 0.25) is 0 Å². The van der Waals surface area contributed by atoms with Gasteiger partial charge in [-0.25, -0.2) is 0 Å². The third-order valence-electron chi connectivity index (χ3n) is 5.96. The summed E-state index contributed by atoms with van der Waals surface area (Å²) in [7, 11) is 4.87. The molecule has 3 aliphatic rings. The van der Waals surface area contributed by atoms with E-state index in [-0.39, 0.29) is 18.2 Å². The lowest BCUT2D eigenvalue weighted by atomic mass is 9.81. The van der Waals surface area contributed by atoms with Crippen molar-refractivity contribution in [1.82, 2.24) is 0 Å². The fourth-order valence-electron chi connectivity index (χ4n) is 4.79. The molecular formula is C16H28O4P2. The van der Waals surface area contributed by atoms with E-state index in [2.05, 4.69) is 18.9 Å². The van der Waals surface area contributed by atoms with Crippen LogP contribution in [0.15, 0.2) is 0 Å². The van der Waals surface area contributed by atoms with Crippen molar-refractivity contribution in [3.63, 3.8) is 0 Å². The standard InChI is InChI=1S/C16H28O4P2/c17-16-8-12-11(15(20-22)9-14(12)18-16)6-7-13(19-21)10-4-2-1-3-5-10/h10-15H,1-9,21-22H2. The van der Waals surface area contributed by atoms with Crippen LogP contribution in [0.4, 0.5) is 0 Å². The highest BCUT2D eigenvalue weighted by atomic mass is 31.0. The predicted molar refractivity (Wildman–Crippen MR) is 91.1 cm³/mol. The molecule has 3 rings (SSSR count). The molecular weight excluding hydrogens is 318 g/mol. The van der Waals surface area contributed by atoms with Gasteiger partial charge in [0.25, 0.3) is 0 Å². The quantitative estimate of drug-likeness (QED) is 0.544. The maximum atomic E-state index is 11.5. The van der Waals surface area contributed by atoms with Crippen molar-refractivity contribution in [2.45, 2.75) is 76.1 Å². The Bertz CT molecular complexity index is 386. The van der Waals surface area contributed by atoms with Crippen molar-refractivity contribution in [1.29, 1.82) is 0 Å². The average molecular weight is 346 g/mol. The summed E-state index contributed by atoms with van der Waals surface area (Å²) in [4.78, 5) is 11.5. The summed E-state index contributed by atoms with van der Waals surface area (Å²) in [6.07, 6.45) is 10.8. The van der Waals surface area contributed by atoms with E-state index in [4.69, 9.17) is 13.8 Å². The molecule has 1 heterocycles. The van der Waals surface area contributed by atoms with Gasteiger partial charge < -0.3 is 13.8 Å². The minimum Gasteiger partial charge on any atom is -0.462 e. The Morgan fingerprint density at radius 2 is 2.00 bits per heavy atom. The molecule has 0 aromatic carbocycles. The summed E-state index contributed by atoms with van der Waals surface area (Å²) in [6.45, 7) is 0. The minimum absolute atomic E-state index is 0.0340. The van der Waals surface area contributed by atoms with Crippen molar-refractivity contribution in [3.8, 4) is 0 Å². The van der Waals surface area contributed by atoms with Gasteiger partial charge in [0.05, 0.1) is 18.6 Å². The van der Waals surface area contributed by atoms with Crippen LogP contribution < -0.4 is 0 Å². The number of esters is 1. The third kappa shape index (κ3) is 3.66. The highest BCUT2D eigenvalue weighted by Crippen LogP contribution is 2.46. The van der Waals surface area contributed by atoms with E-state index < -0.39 is 0 Å². The Morgan fingerprint density at radius 3 is 2.68 bits per heavy atom. The molecule has 0 radical (unpaired) electrons. The molecule has 3 fully saturated rings. The molecule has 0 N–H and O–H groups in total. The Kier molecular flexibility index (Phi) is 6.12. The minimum atomic E-state index is -0.0340. The fraction of sp³-hybridized carbons (Fsp3) is 0.938. The van der Waals surface area contributed by atoms with Gasteiger partial charge in [-0.05, 0) is 37.5 Å². The molecule has 0 aromatic heterocycles. The first kappa shape index (κ1) is 17.1. The Morgan fingerprint density at radius 1 is 1.23 bits per heavy atom. The second-order valence-electron chi connectivity index (χ2n) is 7.12. The van der Waals surface area contributed by atoms with Gasteiger partial charge in [0, 0.05) is 31.3 Å². The van der Waals surface area contributed by atoms with Gasteiger partial charge in [-0.15, -0.1) is 0 Å². The maximum Gasteiger partial charge on any atom is 0.306 e. The van der Waals surface area contributed by atoms with Gasteiger partial charge in [-0.3, -0.25) is 4.79 Å². The zero-order chi connectivity index (χ0) is 15.5. The van der Waals surface area contributed by atoms with E-state index in [9.17, 15) is 4.79 Å². The zero-order valence-electron chi connectivity index (χ0n) is 13.1. The first-order valence-corrected chi connectivity index (χ1v) is 9.57. The largest absolute Gasteiger partial charge is 0.462 e. The Hall–Kier alpha value is 0.250. The van der Waals surface area contributed by atoms with Crippen LogP contribution in [0.2, 0.25) is 0 Å². The lowest BCUT2D eigenvalue weighted by Gasteiger charge is -2.31. The number of carbonyl (C=O) groups excluding carboxylic acids is 1. The van der Waals surface area contributed by atoms with Crippen LogP contribution >= 0.6 is 18.9 Å². The summed E-state index contributed by atoms with van der Waals surface area (Å²) >= 11 is 0. The van der Waals surface area contributed by atoms with Crippen LogP contribution in [-0.2, 0) is 18.6 Å². The van der Waals surface area contributed by atoms with Gasteiger partial charge in [0.15, 0.2) is 0 Å². The highest BCUT2D eigenvalue weighted by Gasteiger charge is 2.50. The number of fused-ring (bicyclic) bond motifs is 1. The van der Waals surface area contributed by atoms with Crippen LogP contribution in [0.1, 0.15) is 57.8 Å². The molecule has 2 aliphatic carbocycles. The molecule has 6 heteroatoms. The average Bonchev–Trinajstić information content (AvgIpc) is 3.05. The highest BCUT2D eigenvalue weighted by molar-refractivity contribution is 7.10. The number of rotatable bonds is 6. The SMILES string of the molecule is O=C1CC2C(CC(OP)C2CCC(OP)C2CCCCC2)O1. The first-order valence-electron chi connectivity index (χ1n) is 8.63. The molecule has 1 aliphatic heterocycles. The fourth-order valence-corrected chi connectivity index (χ4v) is 5.46. The predicted octanol–water partition coefficient (Wildman–Crippen LogP) is 3.65. The molecule has 126 valence electrons. The topological polar surface area (TPSA) is 44.8 Å². The van der Waals surface area contributed by atoms with E-state index in [1.165, 1.54) is 32.1 Å². The number of hydrogen-bond acceptors (Lipinski definition) is 4. The first-order chi connectivity index (χ1) is 10.7. The molecule has 22 heavy (non-hydrogen) atoms. The normalized spacial score (nSPS) is 37.1. The molecule has 7 unspecified atom stereocenters. The van der Waals surface area contributed by atoms with E-state index in [0.717, 1.165) is 19.3 Å². The van der Waals surface area contributed by atoms with E-state index in [1.54, 1.807) is 0 Å². The van der Waals surface area contributed by atoms with Crippen LogP contribution in [0.3, 0.4) is 0 Å². The molecule has 0 bridgehead atoms.